The number of hydrogen-bond acceptors (Lipinski definition) is 6. The van der Waals surface area contributed by atoms with Crippen LogP contribution in [0.3, 0.4) is 0 Å². The zero-order valence-corrected chi connectivity index (χ0v) is 23.0. The van der Waals surface area contributed by atoms with E-state index in [-0.39, 0.29) is 50.2 Å². The molecule has 1 aromatic rings. The van der Waals surface area contributed by atoms with Gasteiger partial charge in [-0.05, 0) is 43.4 Å². The van der Waals surface area contributed by atoms with Gasteiger partial charge in [0.25, 0.3) is 0 Å². The molecule has 216 valence electrons. The van der Waals surface area contributed by atoms with Crippen molar-refractivity contribution in [1.82, 2.24) is 15.5 Å². The summed E-state index contributed by atoms with van der Waals surface area (Å²) in [5, 5.41) is 14.4. The Labute approximate surface area is 234 Å². The van der Waals surface area contributed by atoms with Crippen molar-refractivity contribution in [2.45, 2.75) is 51.2 Å². The smallest absolute Gasteiger partial charge is 0.326 e. The van der Waals surface area contributed by atoms with Crippen LogP contribution in [0.2, 0.25) is 0 Å². The summed E-state index contributed by atoms with van der Waals surface area (Å²) < 4.78 is 5.45. The van der Waals surface area contributed by atoms with E-state index < -0.39 is 29.9 Å². The van der Waals surface area contributed by atoms with Gasteiger partial charge in [0.05, 0.1) is 6.54 Å². The minimum Gasteiger partial charge on any atom is -0.490 e. The highest BCUT2D eigenvalue weighted by Gasteiger charge is 2.26. The molecular weight excluding hydrogens is 528 g/mol. The van der Waals surface area contributed by atoms with E-state index in [0.717, 1.165) is 5.56 Å². The lowest BCUT2D eigenvalue weighted by Crippen LogP contribution is -2.53. The number of nitrogens with one attached hydrogen (secondary N) is 2. The third-order valence-corrected chi connectivity index (χ3v) is 5.31. The van der Waals surface area contributed by atoms with Crippen LogP contribution in [0, 0.1) is 0 Å². The molecule has 0 unspecified atom stereocenters. The second-order valence-corrected chi connectivity index (χ2v) is 8.46. The molecular formula is C26H39ClN6O6. The van der Waals surface area contributed by atoms with Crippen molar-refractivity contribution in [2.24, 2.45) is 16.5 Å². The summed E-state index contributed by atoms with van der Waals surface area (Å²) in [6.07, 6.45) is 4.25. The molecule has 0 radical (unpaired) electrons. The zero-order chi connectivity index (χ0) is 28.5. The van der Waals surface area contributed by atoms with Gasteiger partial charge in [-0.3, -0.25) is 19.4 Å². The van der Waals surface area contributed by atoms with Gasteiger partial charge in [0.2, 0.25) is 17.7 Å². The summed E-state index contributed by atoms with van der Waals surface area (Å²) in [6, 6.07) is 4.86. The highest BCUT2D eigenvalue weighted by atomic mass is 35.5. The highest BCUT2D eigenvalue weighted by Crippen LogP contribution is 2.14. The number of carboxylic acid groups (broad SMARTS) is 1. The number of benzene rings is 1. The predicted molar refractivity (Wildman–Crippen MR) is 151 cm³/mol. The molecule has 0 fully saturated rings. The summed E-state index contributed by atoms with van der Waals surface area (Å²) >= 11 is 0. The summed E-state index contributed by atoms with van der Waals surface area (Å²) in [6.45, 7) is 9.02. The molecule has 1 aromatic carbocycles. The van der Waals surface area contributed by atoms with Gasteiger partial charge in [0.1, 0.15) is 24.4 Å². The van der Waals surface area contributed by atoms with E-state index in [1.54, 1.807) is 30.3 Å². The number of unbranched alkanes of at least 4 members (excludes halogenated alkanes) is 1. The maximum Gasteiger partial charge on any atom is 0.326 e. The molecule has 2 atom stereocenters. The Bertz CT molecular complexity index is 997. The van der Waals surface area contributed by atoms with Crippen molar-refractivity contribution in [1.29, 1.82) is 0 Å². The van der Waals surface area contributed by atoms with E-state index in [0.29, 0.717) is 31.7 Å². The van der Waals surface area contributed by atoms with Gasteiger partial charge in [0.15, 0.2) is 5.96 Å². The normalized spacial score (nSPS) is 11.5. The molecule has 0 aliphatic rings. The number of nitrogens with two attached hydrogens (primary N) is 2. The summed E-state index contributed by atoms with van der Waals surface area (Å²) in [5.41, 5.74) is 11.4. The molecule has 0 saturated heterocycles. The second-order valence-electron chi connectivity index (χ2n) is 8.46. The fourth-order valence-corrected chi connectivity index (χ4v) is 3.36. The van der Waals surface area contributed by atoms with Crippen LogP contribution < -0.4 is 26.8 Å². The standard InChI is InChI=1S/C26H38N6O6.ClH/c1-4-8-22(25(36)37)31-24(35)21(9-6-7-14-29-26(27)28)30-23(34)17-32(18(3)33)16-19-10-12-20(13-11-19)38-15-5-2;/h4-5,10-13,21-22H,1-2,6-9,14-17H2,3H3,(H,30,34)(H,31,35)(H,36,37)(H4,27,28,29);1H/t21-,22+;/m1./s1. The van der Waals surface area contributed by atoms with Crippen molar-refractivity contribution < 1.29 is 29.0 Å². The fourth-order valence-electron chi connectivity index (χ4n) is 3.36. The molecule has 0 aliphatic heterocycles. The van der Waals surface area contributed by atoms with Gasteiger partial charge in [-0.25, -0.2) is 4.79 Å². The third kappa shape index (κ3) is 14.5. The first kappa shape index (κ1) is 34.9. The molecule has 7 N–H and O–H groups in total. The van der Waals surface area contributed by atoms with Crippen molar-refractivity contribution in [2.75, 3.05) is 19.7 Å². The number of carbonyl (C=O) groups is 4. The average molecular weight is 567 g/mol. The van der Waals surface area contributed by atoms with Crippen molar-refractivity contribution in [3.8, 4) is 5.75 Å². The first-order chi connectivity index (χ1) is 18.1. The number of amides is 3. The summed E-state index contributed by atoms with van der Waals surface area (Å²) in [4.78, 5) is 54.6. The number of aliphatic carboxylic acids is 1. The minimum atomic E-state index is -1.22. The molecule has 39 heavy (non-hydrogen) atoms. The van der Waals surface area contributed by atoms with Crippen LogP contribution in [-0.2, 0) is 25.7 Å². The highest BCUT2D eigenvalue weighted by molar-refractivity contribution is 5.91. The van der Waals surface area contributed by atoms with E-state index in [2.05, 4.69) is 28.8 Å². The van der Waals surface area contributed by atoms with Crippen molar-refractivity contribution in [3.63, 3.8) is 0 Å². The number of hydrogen-bond donors (Lipinski definition) is 5. The molecule has 0 saturated carbocycles. The van der Waals surface area contributed by atoms with Gasteiger partial charge in [0, 0.05) is 20.0 Å². The Hall–Kier alpha value is -4.06. The van der Waals surface area contributed by atoms with Crippen LogP contribution >= 0.6 is 12.4 Å². The van der Waals surface area contributed by atoms with E-state index in [4.69, 9.17) is 16.2 Å². The number of guanidine groups is 1. The van der Waals surface area contributed by atoms with E-state index in [9.17, 15) is 24.3 Å². The lowest BCUT2D eigenvalue weighted by molar-refractivity contribution is -0.142. The molecule has 0 heterocycles. The molecule has 0 spiro atoms. The Balaban J connectivity index is 0.0000144. The van der Waals surface area contributed by atoms with Crippen LogP contribution in [0.15, 0.2) is 54.6 Å². The van der Waals surface area contributed by atoms with Crippen LogP contribution in [0.5, 0.6) is 5.75 Å². The number of halogens is 1. The first-order valence-electron chi connectivity index (χ1n) is 12.1. The largest absolute Gasteiger partial charge is 0.490 e. The topological polar surface area (TPSA) is 189 Å². The van der Waals surface area contributed by atoms with Gasteiger partial charge in [-0.2, -0.15) is 0 Å². The fraction of sp³-hybridized carbons (Fsp3) is 0.423. The third-order valence-electron chi connectivity index (χ3n) is 5.31. The van der Waals surface area contributed by atoms with Gasteiger partial charge in [-0.1, -0.05) is 30.9 Å². The number of carbonyl (C=O) groups excluding carboxylic acids is 3. The average Bonchev–Trinajstić information content (AvgIpc) is 2.86. The Morgan fingerprint density at radius 2 is 1.74 bits per heavy atom. The van der Waals surface area contributed by atoms with Gasteiger partial charge in [-0.15, -0.1) is 19.0 Å². The molecule has 12 nitrogen and oxygen atoms in total. The molecule has 1 rings (SSSR count). The van der Waals surface area contributed by atoms with Crippen LogP contribution in [0.1, 0.15) is 38.2 Å². The second kappa shape index (κ2) is 19.1. The van der Waals surface area contributed by atoms with Gasteiger partial charge < -0.3 is 36.8 Å². The summed E-state index contributed by atoms with van der Waals surface area (Å²) in [5.74, 6) is -2.18. The lowest BCUT2D eigenvalue weighted by atomic mass is 10.1. The predicted octanol–water partition coefficient (Wildman–Crippen LogP) is 1.10. The van der Waals surface area contributed by atoms with Crippen molar-refractivity contribution in [3.05, 3.63) is 55.1 Å². The number of ether oxygens (including phenoxy) is 1. The lowest BCUT2D eigenvalue weighted by Gasteiger charge is -2.24. The van der Waals surface area contributed by atoms with Crippen LogP contribution in [-0.4, -0.2) is 71.4 Å². The molecule has 0 aliphatic carbocycles. The molecule has 13 heteroatoms. The quantitative estimate of drug-likeness (QED) is 0.0755. The number of aliphatic imine (C=N–C) groups is 1. The molecule has 0 bridgehead atoms. The van der Waals surface area contributed by atoms with E-state index in [1.165, 1.54) is 17.9 Å². The van der Waals surface area contributed by atoms with Crippen LogP contribution in [0.4, 0.5) is 0 Å². The molecule has 0 aromatic heterocycles. The first-order valence-corrected chi connectivity index (χ1v) is 12.1. The Kier molecular flexibility index (Phi) is 17.1. The number of carboxylic acids is 1. The number of rotatable bonds is 18. The van der Waals surface area contributed by atoms with Gasteiger partial charge >= 0.3 is 5.97 Å². The minimum absolute atomic E-state index is 0. The SMILES string of the molecule is C=CCOc1ccc(CN(CC(=O)N[C@H](CCCCN=C(N)N)C(=O)N[C@@H](CC=C)C(=O)O)C(C)=O)cc1.Cl. The Morgan fingerprint density at radius 3 is 2.28 bits per heavy atom. The molecule has 3 amide bonds. The van der Waals surface area contributed by atoms with Crippen molar-refractivity contribution >= 4 is 42.1 Å². The monoisotopic (exact) mass is 566 g/mol. The van der Waals surface area contributed by atoms with Crippen LogP contribution in [0.25, 0.3) is 0 Å². The van der Waals surface area contributed by atoms with E-state index in [1.807, 2.05) is 0 Å². The zero-order valence-electron chi connectivity index (χ0n) is 22.1. The summed E-state index contributed by atoms with van der Waals surface area (Å²) in [7, 11) is 0. The number of nitrogens with zero attached hydrogens (tertiary/aromatic N) is 2. The maximum absolute atomic E-state index is 12.9. The van der Waals surface area contributed by atoms with E-state index >= 15 is 0 Å². The maximum atomic E-state index is 12.9. The Morgan fingerprint density at radius 1 is 1.08 bits per heavy atom.